The summed E-state index contributed by atoms with van der Waals surface area (Å²) in [6.07, 6.45) is 0.384. The third-order valence-electron chi connectivity index (χ3n) is 1.80. The number of nitrogens with two attached hydrogens (primary N) is 1. The Bertz CT molecular complexity index is 416. The molecule has 4 N–H and O–H groups in total. The number of aromatic nitrogens is 2. The van der Waals surface area contributed by atoms with Crippen LogP contribution in [-0.2, 0) is 6.42 Å². The molecule has 5 heteroatoms. The van der Waals surface area contributed by atoms with Crippen LogP contribution in [0.5, 0.6) is 0 Å². The molecule has 0 saturated carbocycles. The molecule has 1 aromatic heterocycles. The van der Waals surface area contributed by atoms with Crippen LogP contribution in [0.1, 0.15) is 5.82 Å². The standard InChI is InChI=1S/C9H10N4.ClH/c10-8(11)5-9-12-6-3-1-2-4-7(6)13-9;/h1-4H,5H2,(H3,10,11)(H,12,13);1H. The molecular formula is C9H11ClN4. The van der Waals surface area contributed by atoms with Crippen LogP contribution in [0.2, 0.25) is 0 Å². The lowest BCUT2D eigenvalue weighted by molar-refractivity contribution is 1.08. The van der Waals surface area contributed by atoms with E-state index < -0.39 is 0 Å². The average molecular weight is 211 g/mol. The summed E-state index contributed by atoms with van der Waals surface area (Å²) in [6, 6.07) is 7.75. The number of H-pyrrole nitrogens is 1. The Labute approximate surface area is 87.5 Å². The number of halogens is 1. The number of aromatic amines is 1. The van der Waals surface area contributed by atoms with Crippen LogP contribution in [0.4, 0.5) is 0 Å². The predicted molar refractivity (Wildman–Crippen MR) is 59.0 cm³/mol. The molecule has 14 heavy (non-hydrogen) atoms. The minimum atomic E-state index is 0. The van der Waals surface area contributed by atoms with Crippen molar-refractivity contribution in [3.8, 4) is 0 Å². The van der Waals surface area contributed by atoms with E-state index in [2.05, 4.69) is 9.97 Å². The average Bonchev–Trinajstić information content (AvgIpc) is 2.44. The van der Waals surface area contributed by atoms with Crippen molar-refractivity contribution in [1.82, 2.24) is 9.97 Å². The Morgan fingerprint density at radius 3 is 2.79 bits per heavy atom. The summed E-state index contributed by atoms with van der Waals surface area (Å²) in [6.45, 7) is 0. The molecule has 0 atom stereocenters. The van der Waals surface area contributed by atoms with Gasteiger partial charge >= 0.3 is 0 Å². The highest BCUT2D eigenvalue weighted by atomic mass is 35.5. The molecule has 0 aliphatic rings. The third kappa shape index (κ3) is 2.03. The van der Waals surface area contributed by atoms with E-state index in [1.165, 1.54) is 0 Å². The van der Waals surface area contributed by atoms with Crippen LogP contribution in [-0.4, -0.2) is 15.8 Å². The van der Waals surface area contributed by atoms with E-state index in [1.807, 2.05) is 24.3 Å². The van der Waals surface area contributed by atoms with Gasteiger partial charge in [0.2, 0.25) is 0 Å². The molecule has 0 bridgehead atoms. The van der Waals surface area contributed by atoms with E-state index in [4.69, 9.17) is 11.1 Å². The Morgan fingerprint density at radius 2 is 2.14 bits per heavy atom. The number of nitrogens with one attached hydrogen (secondary N) is 2. The first-order valence-electron chi connectivity index (χ1n) is 4.02. The molecule has 1 aromatic carbocycles. The first-order valence-corrected chi connectivity index (χ1v) is 4.02. The van der Waals surface area contributed by atoms with Gasteiger partial charge in [0.05, 0.1) is 23.3 Å². The van der Waals surface area contributed by atoms with Crippen molar-refractivity contribution in [2.24, 2.45) is 5.73 Å². The lowest BCUT2D eigenvalue weighted by Crippen LogP contribution is -2.13. The SMILES string of the molecule is Cl.N=C(N)Cc1nc2ccccc2[nH]1. The minimum Gasteiger partial charge on any atom is -0.387 e. The summed E-state index contributed by atoms with van der Waals surface area (Å²) < 4.78 is 0. The number of para-hydroxylation sites is 2. The molecule has 0 fully saturated rings. The molecule has 74 valence electrons. The number of nitrogens with zero attached hydrogens (tertiary/aromatic N) is 1. The number of amidine groups is 1. The maximum atomic E-state index is 7.12. The number of fused-ring (bicyclic) bond motifs is 1. The molecule has 0 radical (unpaired) electrons. The molecule has 2 rings (SSSR count). The van der Waals surface area contributed by atoms with Gasteiger partial charge in [-0.15, -0.1) is 12.4 Å². The van der Waals surface area contributed by atoms with E-state index in [9.17, 15) is 0 Å². The fraction of sp³-hybridized carbons (Fsp3) is 0.111. The van der Waals surface area contributed by atoms with Crippen LogP contribution >= 0.6 is 12.4 Å². The summed E-state index contributed by atoms with van der Waals surface area (Å²) in [7, 11) is 0. The largest absolute Gasteiger partial charge is 0.387 e. The maximum Gasteiger partial charge on any atom is 0.114 e. The second-order valence-electron chi connectivity index (χ2n) is 2.90. The number of hydrogen-bond acceptors (Lipinski definition) is 2. The van der Waals surface area contributed by atoms with Gasteiger partial charge in [-0.3, -0.25) is 5.41 Å². The van der Waals surface area contributed by atoms with Crippen molar-refractivity contribution in [3.63, 3.8) is 0 Å². The summed E-state index contributed by atoms with van der Waals surface area (Å²) in [5.41, 5.74) is 7.17. The second kappa shape index (κ2) is 4.11. The normalized spacial score (nSPS) is 9.71. The molecular weight excluding hydrogens is 200 g/mol. The van der Waals surface area contributed by atoms with Crippen molar-refractivity contribution in [3.05, 3.63) is 30.1 Å². The highest BCUT2D eigenvalue weighted by Gasteiger charge is 2.01. The molecule has 0 amide bonds. The lowest BCUT2D eigenvalue weighted by Gasteiger charge is -1.90. The Balaban J connectivity index is 0.000000980. The molecule has 4 nitrogen and oxygen atoms in total. The highest BCUT2D eigenvalue weighted by Crippen LogP contribution is 2.10. The summed E-state index contributed by atoms with van der Waals surface area (Å²) in [4.78, 5) is 7.37. The minimum absolute atomic E-state index is 0. The molecule has 0 aliphatic heterocycles. The smallest absolute Gasteiger partial charge is 0.114 e. The number of imidazole rings is 1. The zero-order valence-electron chi connectivity index (χ0n) is 7.45. The van der Waals surface area contributed by atoms with Gasteiger partial charge in [-0.25, -0.2) is 4.98 Å². The van der Waals surface area contributed by atoms with Crippen LogP contribution in [0.25, 0.3) is 11.0 Å². The van der Waals surface area contributed by atoms with Gasteiger partial charge in [-0.1, -0.05) is 12.1 Å². The molecule has 0 aliphatic carbocycles. The van der Waals surface area contributed by atoms with Crippen LogP contribution in [0.3, 0.4) is 0 Å². The monoisotopic (exact) mass is 210 g/mol. The van der Waals surface area contributed by atoms with E-state index in [-0.39, 0.29) is 18.2 Å². The number of rotatable bonds is 2. The van der Waals surface area contributed by atoms with Gasteiger partial charge in [-0.2, -0.15) is 0 Å². The molecule has 2 aromatic rings. The maximum absolute atomic E-state index is 7.12. The van der Waals surface area contributed by atoms with E-state index in [0.29, 0.717) is 6.42 Å². The predicted octanol–water partition coefficient (Wildman–Crippen LogP) is 1.46. The topological polar surface area (TPSA) is 78.6 Å². The lowest BCUT2D eigenvalue weighted by atomic mass is 10.3. The zero-order valence-corrected chi connectivity index (χ0v) is 8.27. The Hall–Kier alpha value is -1.55. The third-order valence-corrected chi connectivity index (χ3v) is 1.80. The fourth-order valence-corrected chi connectivity index (χ4v) is 1.27. The highest BCUT2D eigenvalue weighted by molar-refractivity contribution is 5.85. The van der Waals surface area contributed by atoms with Crippen molar-refractivity contribution in [1.29, 1.82) is 5.41 Å². The molecule has 0 saturated heterocycles. The summed E-state index contributed by atoms with van der Waals surface area (Å²) in [5, 5.41) is 7.12. The van der Waals surface area contributed by atoms with Crippen molar-refractivity contribution in [2.45, 2.75) is 6.42 Å². The van der Waals surface area contributed by atoms with Crippen LogP contribution in [0.15, 0.2) is 24.3 Å². The molecule has 0 spiro atoms. The number of benzene rings is 1. The molecule has 0 unspecified atom stereocenters. The first kappa shape index (κ1) is 10.5. The van der Waals surface area contributed by atoms with E-state index in [1.54, 1.807) is 0 Å². The van der Waals surface area contributed by atoms with Gasteiger partial charge in [0.25, 0.3) is 0 Å². The van der Waals surface area contributed by atoms with Crippen LogP contribution < -0.4 is 5.73 Å². The Morgan fingerprint density at radius 1 is 1.43 bits per heavy atom. The molecule has 1 heterocycles. The Kier molecular flexibility index (Phi) is 3.09. The summed E-state index contributed by atoms with van der Waals surface area (Å²) >= 11 is 0. The van der Waals surface area contributed by atoms with Crippen molar-refractivity contribution >= 4 is 29.3 Å². The summed E-state index contributed by atoms with van der Waals surface area (Å²) in [5.74, 6) is 0.868. The van der Waals surface area contributed by atoms with E-state index >= 15 is 0 Å². The quantitative estimate of drug-likeness (QED) is 0.518. The first-order chi connectivity index (χ1) is 6.25. The van der Waals surface area contributed by atoms with Gasteiger partial charge in [0, 0.05) is 0 Å². The van der Waals surface area contributed by atoms with Crippen molar-refractivity contribution in [2.75, 3.05) is 0 Å². The number of hydrogen-bond donors (Lipinski definition) is 3. The fourth-order valence-electron chi connectivity index (χ4n) is 1.27. The zero-order chi connectivity index (χ0) is 9.26. The van der Waals surface area contributed by atoms with Gasteiger partial charge in [0.15, 0.2) is 0 Å². The van der Waals surface area contributed by atoms with Gasteiger partial charge < -0.3 is 10.7 Å². The second-order valence-corrected chi connectivity index (χ2v) is 2.90. The van der Waals surface area contributed by atoms with Crippen LogP contribution in [0, 0.1) is 5.41 Å². The van der Waals surface area contributed by atoms with Gasteiger partial charge in [-0.05, 0) is 12.1 Å². The van der Waals surface area contributed by atoms with Gasteiger partial charge in [0.1, 0.15) is 5.82 Å². The van der Waals surface area contributed by atoms with E-state index in [0.717, 1.165) is 16.9 Å². The van der Waals surface area contributed by atoms with Crippen molar-refractivity contribution < 1.29 is 0 Å².